The number of piperidine rings is 1. The molecule has 2 saturated heterocycles. The Bertz CT molecular complexity index is 5440. The van der Waals surface area contributed by atoms with E-state index >= 15 is 0 Å². The number of benzene rings is 6. The minimum atomic E-state index is -0.725. The maximum atomic E-state index is 12.6. The molecule has 6 aromatic heterocycles. The number of amides is 1. The second kappa shape index (κ2) is 44.2. The number of anilines is 2. The zero-order chi connectivity index (χ0) is 84.4. The molecule has 5 N–H and O–H groups in total. The average molecular weight is 1610 g/mol. The zero-order valence-corrected chi connectivity index (χ0v) is 66.5. The minimum Gasteiger partial charge on any atom is -0.504 e. The number of aliphatic hydroxyl groups is 1. The van der Waals surface area contributed by atoms with Crippen molar-refractivity contribution >= 4 is 64.4 Å². The van der Waals surface area contributed by atoms with Crippen LogP contribution in [0.2, 0.25) is 0 Å². The van der Waals surface area contributed by atoms with Gasteiger partial charge >= 0.3 is 23.9 Å². The number of aromatic hydroxyl groups is 3. The molecule has 0 bridgehead atoms. The highest BCUT2D eigenvalue weighted by Gasteiger charge is 2.27. The number of rotatable bonds is 19. The number of phenolic OH excluding ortho intramolecular Hbond substituents is 2. The number of carbonyl (C=O) groups excluding carboxylic acids is 5. The fourth-order valence-corrected chi connectivity index (χ4v) is 12.0. The number of fused-ring (bicyclic) bond motifs is 2. The van der Waals surface area contributed by atoms with Crippen molar-refractivity contribution in [3.63, 3.8) is 0 Å². The van der Waals surface area contributed by atoms with E-state index in [9.17, 15) is 49.2 Å². The molecule has 1 unspecified atom stereocenters. The Hall–Kier alpha value is -14.8. The van der Waals surface area contributed by atoms with Gasteiger partial charge in [0.2, 0.25) is 11.6 Å². The number of ether oxygens (including phenoxy) is 5. The minimum absolute atomic E-state index is 0.0103. The molecule has 2 fully saturated rings. The number of para-hydroxylation sites is 4. The molecular weight excluding hydrogens is 1520 g/mol. The number of hydrogen-bond donors (Lipinski definition) is 5. The van der Waals surface area contributed by atoms with E-state index in [0.717, 1.165) is 78.7 Å². The van der Waals surface area contributed by atoms with Gasteiger partial charge in [0.1, 0.15) is 41.4 Å². The van der Waals surface area contributed by atoms with Crippen LogP contribution < -0.4 is 30.0 Å². The molecule has 6 aromatic carbocycles. The molecule has 3 aliphatic heterocycles. The van der Waals surface area contributed by atoms with Crippen molar-refractivity contribution in [2.24, 2.45) is 10.2 Å². The van der Waals surface area contributed by atoms with Gasteiger partial charge in [0.05, 0.1) is 86.1 Å². The fourth-order valence-electron chi connectivity index (χ4n) is 12.0. The summed E-state index contributed by atoms with van der Waals surface area (Å²) in [5.74, 6) is 0.694. The quantitative estimate of drug-likeness (QED) is 0.0125. The predicted octanol–water partition coefficient (Wildman–Crippen LogP) is 12.3. The summed E-state index contributed by atoms with van der Waals surface area (Å²) in [5, 5.41) is 63.0. The van der Waals surface area contributed by atoms with Crippen LogP contribution in [-0.2, 0) is 30.4 Å². The van der Waals surface area contributed by atoms with Gasteiger partial charge in [0, 0.05) is 99.7 Å². The molecule has 1 amide bonds. The SMILES string of the molecule is CCOC(=O)/C=C1\Nc2ccccc2OC1=O.CCOC(=O)c1nn(-c2ccc(OCC)cc2)cc1O.CN(C)/N=C/c1ccccc1OC(=O)c1cccnc1.Cc1ccc(C(O)c2cccnc2)o1.O=C(Cn1ncc2ccccc2c1=O)N1CCC(c2ccncc2)CC1.Oc1ccc(/C=N/N2CCN(c3ccccc3)CC2)cc1O. The van der Waals surface area contributed by atoms with Crippen LogP contribution in [0.15, 0.2) is 275 Å². The standard InChI is InChI=1S/C20H20N4O2.C17H19N3O2.C15H15N3O2.C14H16N2O4.C12H11NO4.C11H11NO2/c25-19(14-24-20(26)18-4-2-1-3-17(18)13-22-24)23-11-7-16(8-12-23)15-5-9-21-10-6-15;21-16-7-6-14(12-17(16)22)13-18-20-10-8-19(9-11-20)15-4-2-1-3-5-15;1-18(2)17-11-12-6-3-4-8-14(12)20-15(19)13-7-5-9-16-10-13;1-3-19-11-7-5-10(6-8-11)16-9-12(17)13(15-16)14(18)20-4-2;1-2-16-11(14)7-9-12(15)17-10-6-4-3-5-8(10)13-9;1-8-4-5-10(14-8)11(13)9-3-2-6-12-7-9/h1-6,9-10,13,16H,7-8,11-12,14H2;1-7,12-13,21-22H,8-11H2;3-11H,1-2H3;5-9,17H,3-4H2,1-2H3;3-7,13H,2H2,1H3;2-7,11,13H,1H3/b;18-13+;17-11+;;9-7-;. The number of pyridine rings is 3. The Morgan fingerprint density at radius 1 is 0.655 bits per heavy atom. The first kappa shape index (κ1) is 86.6. The number of esters is 4. The first-order chi connectivity index (χ1) is 57.7. The Kier molecular flexibility index (Phi) is 32.1. The van der Waals surface area contributed by atoms with Crippen LogP contribution in [0.4, 0.5) is 11.4 Å². The number of aliphatic hydroxyl groups excluding tert-OH is 1. The van der Waals surface area contributed by atoms with Crippen LogP contribution in [-0.4, -0.2) is 185 Å². The molecule has 0 spiro atoms. The molecule has 1 atom stereocenters. The van der Waals surface area contributed by atoms with Crippen LogP contribution in [0.3, 0.4) is 0 Å². The summed E-state index contributed by atoms with van der Waals surface area (Å²) in [7, 11) is 3.64. The lowest BCUT2D eigenvalue weighted by atomic mass is 9.90. The second-order valence-corrected chi connectivity index (χ2v) is 26.6. The van der Waals surface area contributed by atoms with Crippen LogP contribution in [0.1, 0.15) is 100 Å². The van der Waals surface area contributed by atoms with E-state index in [1.807, 2.05) is 111 Å². The van der Waals surface area contributed by atoms with Crippen molar-refractivity contribution in [3.05, 3.63) is 311 Å². The Morgan fingerprint density at radius 3 is 2.03 bits per heavy atom. The summed E-state index contributed by atoms with van der Waals surface area (Å²) in [6.45, 7) is 13.2. The van der Waals surface area contributed by atoms with E-state index in [1.165, 1.54) is 45.1 Å². The van der Waals surface area contributed by atoms with Crippen molar-refractivity contribution in [1.82, 2.24) is 49.4 Å². The van der Waals surface area contributed by atoms with Gasteiger partial charge in [-0.05, 0) is 185 Å². The molecule has 3 aliphatic rings. The maximum absolute atomic E-state index is 12.6. The molecule has 30 nitrogen and oxygen atoms in total. The summed E-state index contributed by atoms with van der Waals surface area (Å²) in [6, 6.07) is 58.3. The van der Waals surface area contributed by atoms with Crippen LogP contribution >= 0.6 is 0 Å². The number of hydrazone groups is 2. The number of aryl methyl sites for hydroxylation is 1. The number of piperazine rings is 1. The highest BCUT2D eigenvalue weighted by molar-refractivity contribution is 6.02. The molecule has 0 radical (unpaired) electrons. The number of phenols is 2. The van der Waals surface area contributed by atoms with Gasteiger partial charge < -0.3 is 68.7 Å². The smallest absolute Gasteiger partial charge is 0.362 e. The van der Waals surface area contributed by atoms with Crippen molar-refractivity contribution in [1.29, 1.82) is 0 Å². The highest BCUT2D eigenvalue weighted by atomic mass is 16.6. The van der Waals surface area contributed by atoms with Crippen molar-refractivity contribution in [2.45, 2.75) is 59.1 Å². The van der Waals surface area contributed by atoms with E-state index in [0.29, 0.717) is 65.2 Å². The van der Waals surface area contributed by atoms with E-state index in [4.69, 9.17) is 28.1 Å². The number of nitrogens with zero attached hydrogens (tertiary/aromatic N) is 13. The maximum Gasteiger partial charge on any atom is 0.362 e. The number of furan rings is 1. The normalized spacial score (nSPS) is 13.5. The zero-order valence-electron chi connectivity index (χ0n) is 66.5. The van der Waals surface area contributed by atoms with Crippen molar-refractivity contribution in [3.8, 4) is 40.2 Å². The number of nitrogens with one attached hydrogen (secondary N) is 1. The van der Waals surface area contributed by atoms with Gasteiger partial charge in [-0.15, -0.1) is 0 Å². The lowest BCUT2D eigenvalue weighted by Crippen LogP contribution is -2.44. The Morgan fingerprint density at radius 2 is 1.35 bits per heavy atom. The molecular formula is C89H92N14O16. The van der Waals surface area contributed by atoms with E-state index in [2.05, 4.69) is 69.8 Å². The fraction of sp³-hybridized carbons (Fsp3) is 0.225. The van der Waals surface area contributed by atoms with Crippen LogP contribution in [0.25, 0.3) is 16.5 Å². The summed E-state index contributed by atoms with van der Waals surface area (Å²) in [6.07, 6.45) is 18.6. The molecule has 0 aliphatic carbocycles. The molecule has 15 rings (SSSR count). The Balaban J connectivity index is 0.000000152. The number of hydrogen-bond acceptors (Lipinski definition) is 27. The number of likely N-dealkylation sites (tertiary alicyclic amines) is 1. The Labute approximate surface area is 686 Å². The van der Waals surface area contributed by atoms with Gasteiger partial charge in [0.15, 0.2) is 23.0 Å². The lowest BCUT2D eigenvalue weighted by Gasteiger charge is -2.34. The monoisotopic (exact) mass is 1610 g/mol. The van der Waals surface area contributed by atoms with Gasteiger partial charge in [-0.25, -0.2) is 28.5 Å². The first-order valence-corrected chi connectivity index (χ1v) is 38.2. The third kappa shape index (κ3) is 25.8. The molecule has 614 valence electrons. The third-order valence-corrected chi connectivity index (χ3v) is 18.0. The van der Waals surface area contributed by atoms with E-state index in [-0.39, 0.29) is 59.9 Å². The second-order valence-electron chi connectivity index (χ2n) is 26.6. The van der Waals surface area contributed by atoms with Gasteiger partial charge in [0.25, 0.3) is 5.56 Å². The van der Waals surface area contributed by atoms with Gasteiger partial charge in [-0.3, -0.25) is 29.5 Å². The lowest BCUT2D eigenvalue weighted by molar-refractivity contribution is -0.138. The third-order valence-electron chi connectivity index (χ3n) is 18.0. The molecule has 119 heavy (non-hydrogen) atoms. The van der Waals surface area contributed by atoms with Gasteiger partial charge in [-0.1, -0.05) is 66.7 Å². The van der Waals surface area contributed by atoms with Crippen molar-refractivity contribution < 1.29 is 72.5 Å². The van der Waals surface area contributed by atoms with Crippen molar-refractivity contribution in [2.75, 3.05) is 83.4 Å². The molecule has 30 heteroatoms. The predicted molar refractivity (Wildman–Crippen MR) is 448 cm³/mol. The van der Waals surface area contributed by atoms with Crippen LogP contribution in [0.5, 0.6) is 34.5 Å². The number of aromatic nitrogens is 7. The molecule has 12 aromatic rings. The van der Waals surface area contributed by atoms with Crippen LogP contribution in [0, 0.1) is 6.92 Å². The highest BCUT2D eigenvalue weighted by Crippen LogP contribution is 2.32. The van der Waals surface area contributed by atoms with Gasteiger partial charge in [-0.2, -0.15) is 20.4 Å². The average Bonchev–Trinajstić information content (AvgIpc) is 1.79. The first-order valence-electron chi connectivity index (χ1n) is 38.2. The summed E-state index contributed by atoms with van der Waals surface area (Å²) >= 11 is 0. The molecule has 9 heterocycles. The topological polar surface area (TPSA) is 367 Å². The molecule has 0 saturated carbocycles. The largest absolute Gasteiger partial charge is 0.504 e. The summed E-state index contributed by atoms with van der Waals surface area (Å²) in [5.41, 5.74) is 6.27. The summed E-state index contributed by atoms with van der Waals surface area (Å²) in [4.78, 5) is 87.5. The summed E-state index contributed by atoms with van der Waals surface area (Å²) < 4.78 is 33.3. The van der Waals surface area contributed by atoms with E-state index in [1.54, 1.807) is 153 Å². The number of carbonyl (C=O) groups is 5. The van der Waals surface area contributed by atoms with E-state index < -0.39 is 30.0 Å².